The highest BCUT2D eigenvalue weighted by Crippen LogP contribution is 2.44. The summed E-state index contributed by atoms with van der Waals surface area (Å²) in [7, 11) is -3.64. The van der Waals surface area contributed by atoms with Gasteiger partial charge in [-0.2, -0.15) is 13.0 Å². The third kappa shape index (κ3) is 5.99. The Labute approximate surface area is 210 Å². The SMILES string of the molecule is CCOC(=O)CCCN(C)S(=O)c1cccc2c3c(ccc12)[N+](CCCS(=O)(=O)O)=C(C)C3(C)C. The third-order valence-corrected chi connectivity index (χ3v) is 8.92. The summed E-state index contributed by atoms with van der Waals surface area (Å²) in [4.78, 5) is 12.3. The Hall–Kier alpha value is -2.14. The summed E-state index contributed by atoms with van der Waals surface area (Å²) in [6.45, 7) is 9.40. The van der Waals surface area contributed by atoms with Crippen LogP contribution in [0.3, 0.4) is 0 Å². The number of rotatable bonds is 11. The Morgan fingerprint density at radius 3 is 2.54 bits per heavy atom. The molecule has 1 aliphatic rings. The number of ether oxygens (including phenoxy) is 1. The van der Waals surface area contributed by atoms with Gasteiger partial charge in [-0.05, 0) is 50.1 Å². The Kier molecular flexibility index (Phi) is 8.52. The van der Waals surface area contributed by atoms with Gasteiger partial charge in [0.15, 0.2) is 5.71 Å². The molecule has 3 rings (SSSR count). The van der Waals surface area contributed by atoms with Crippen molar-refractivity contribution in [3.05, 3.63) is 35.9 Å². The molecule has 192 valence electrons. The maximum absolute atomic E-state index is 13.4. The summed E-state index contributed by atoms with van der Waals surface area (Å²) in [5.41, 5.74) is 2.90. The maximum atomic E-state index is 13.4. The van der Waals surface area contributed by atoms with Crippen LogP contribution < -0.4 is 0 Å². The molecular formula is C25H35N2O6S2+. The minimum atomic E-state index is -4.01. The molecule has 1 heterocycles. The number of benzene rings is 2. The van der Waals surface area contributed by atoms with E-state index in [0.29, 0.717) is 37.4 Å². The summed E-state index contributed by atoms with van der Waals surface area (Å²) in [5.74, 6) is -0.534. The van der Waals surface area contributed by atoms with E-state index in [9.17, 15) is 17.4 Å². The Bertz CT molecular complexity index is 1280. The van der Waals surface area contributed by atoms with E-state index in [4.69, 9.17) is 9.29 Å². The largest absolute Gasteiger partial charge is 0.466 e. The number of fused-ring (bicyclic) bond motifs is 3. The fourth-order valence-corrected chi connectivity index (χ4v) is 6.36. The van der Waals surface area contributed by atoms with Crippen LogP contribution >= 0.6 is 0 Å². The van der Waals surface area contributed by atoms with Crippen molar-refractivity contribution in [1.82, 2.24) is 4.31 Å². The van der Waals surface area contributed by atoms with Crippen LogP contribution in [0, 0.1) is 0 Å². The molecular weight excluding hydrogens is 488 g/mol. The zero-order valence-electron chi connectivity index (χ0n) is 21.0. The first-order valence-electron chi connectivity index (χ1n) is 11.8. The summed E-state index contributed by atoms with van der Waals surface area (Å²) < 4.78 is 53.7. The van der Waals surface area contributed by atoms with Gasteiger partial charge in [-0.15, -0.1) is 0 Å². The molecule has 0 aromatic heterocycles. The molecule has 0 saturated carbocycles. The average Bonchev–Trinajstić information content (AvgIpc) is 2.98. The van der Waals surface area contributed by atoms with Crippen molar-refractivity contribution >= 4 is 49.2 Å². The summed E-state index contributed by atoms with van der Waals surface area (Å²) >= 11 is 0. The Morgan fingerprint density at radius 1 is 1.17 bits per heavy atom. The van der Waals surface area contributed by atoms with E-state index in [2.05, 4.69) is 18.4 Å². The summed E-state index contributed by atoms with van der Waals surface area (Å²) in [5, 5.41) is 1.91. The molecule has 1 N–H and O–H groups in total. The maximum Gasteiger partial charge on any atom is 0.305 e. The van der Waals surface area contributed by atoms with Gasteiger partial charge >= 0.3 is 5.97 Å². The van der Waals surface area contributed by atoms with E-state index in [1.807, 2.05) is 37.3 Å². The second-order valence-corrected chi connectivity index (χ2v) is 12.5. The smallest absolute Gasteiger partial charge is 0.305 e. The quantitative estimate of drug-likeness (QED) is 0.273. The van der Waals surface area contributed by atoms with Crippen LogP contribution in [-0.2, 0) is 36.1 Å². The third-order valence-electron chi connectivity index (χ3n) is 6.64. The van der Waals surface area contributed by atoms with Gasteiger partial charge in [0, 0.05) is 45.0 Å². The number of carbonyl (C=O) groups is 1. The number of nitrogens with zero attached hydrogens (tertiary/aromatic N) is 2. The molecule has 0 bridgehead atoms. The minimum absolute atomic E-state index is 0.248. The molecule has 0 radical (unpaired) electrons. The fourth-order valence-electron chi connectivity index (χ4n) is 4.67. The zero-order chi connectivity index (χ0) is 26.0. The molecule has 0 amide bonds. The number of hydrogen-bond donors (Lipinski definition) is 1. The molecule has 0 spiro atoms. The van der Waals surface area contributed by atoms with Crippen LogP contribution in [0.5, 0.6) is 0 Å². The number of carbonyl (C=O) groups excluding carboxylic acids is 1. The van der Waals surface area contributed by atoms with Crippen molar-refractivity contribution in [2.24, 2.45) is 0 Å². The van der Waals surface area contributed by atoms with Crippen LogP contribution in [-0.4, -0.2) is 70.2 Å². The highest BCUT2D eigenvalue weighted by Gasteiger charge is 2.44. The lowest BCUT2D eigenvalue weighted by atomic mass is 9.80. The van der Waals surface area contributed by atoms with E-state index in [-0.39, 0.29) is 23.6 Å². The molecule has 1 unspecified atom stereocenters. The van der Waals surface area contributed by atoms with Crippen molar-refractivity contribution in [3.63, 3.8) is 0 Å². The number of hydrogen-bond acceptors (Lipinski definition) is 5. The van der Waals surface area contributed by atoms with Gasteiger partial charge in [0.25, 0.3) is 10.1 Å². The van der Waals surface area contributed by atoms with E-state index < -0.39 is 21.1 Å². The average molecular weight is 524 g/mol. The van der Waals surface area contributed by atoms with Crippen molar-refractivity contribution in [2.45, 2.75) is 57.3 Å². The molecule has 0 saturated heterocycles. The second kappa shape index (κ2) is 10.9. The molecule has 1 atom stereocenters. The zero-order valence-corrected chi connectivity index (χ0v) is 22.7. The van der Waals surface area contributed by atoms with E-state index >= 15 is 0 Å². The van der Waals surface area contributed by atoms with Crippen molar-refractivity contribution < 1.29 is 31.3 Å². The minimum Gasteiger partial charge on any atom is -0.466 e. The highest BCUT2D eigenvalue weighted by molar-refractivity contribution is 7.85. The van der Waals surface area contributed by atoms with Gasteiger partial charge in [0.1, 0.15) is 17.5 Å². The van der Waals surface area contributed by atoms with Crippen molar-refractivity contribution in [3.8, 4) is 0 Å². The Morgan fingerprint density at radius 2 is 1.89 bits per heavy atom. The normalized spacial score (nSPS) is 16.1. The Balaban J connectivity index is 1.90. The topological polar surface area (TPSA) is 104 Å². The van der Waals surface area contributed by atoms with Gasteiger partial charge < -0.3 is 4.74 Å². The molecule has 2 aromatic rings. The molecule has 35 heavy (non-hydrogen) atoms. The van der Waals surface area contributed by atoms with E-state index in [1.54, 1.807) is 18.3 Å². The first kappa shape index (κ1) is 27.4. The van der Waals surface area contributed by atoms with E-state index in [1.165, 1.54) is 0 Å². The van der Waals surface area contributed by atoms with Gasteiger partial charge in [-0.25, -0.2) is 8.51 Å². The van der Waals surface area contributed by atoms with Crippen molar-refractivity contribution in [1.29, 1.82) is 0 Å². The molecule has 2 aromatic carbocycles. The number of esters is 1. The molecule has 8 nitrogen and oxygen atoms in total. The van der Waals surface area contributed by atoms with E-state index in [0.717, 1.165) is 27.7 Å². The molecule has 10 heteroatoms. The lowest BCUT2D eigenvalue weighted by Gasteiger charge is -2.20. The predicted molar refractivity (Wildman–Crippen MR) is 138 cm³/mol. The van der Waals surface area contributed by atoms with Crippen LogP contribution in [0.25, 0.3) is 10.8 Å². The first-order valence-corrected chi connectivity index (χ1v) is 14.5. The standard InChI is InChI=1S/C25H34N2O6S2/c1-6-33-23(28)12-8-15-26(5)34(29)22-11-7-10-20-19(22)13-14-21-24(20)25(3,4)18(2)27(21)16-9-17-35(30,31)32/h7,10-11,13-14H,6,8-9,12,15-17H2,1-5H3/p+1. The van der Waals surface area contributed by atoms with Crippen LogP contribution in [0.1, 0.15) is 52.5 Å². The monoisotopic (exact) mass is 523 g/mol. The second-order valence-electron chi connectivity index (χ2n) is 9.32. The van der Waals surface area contributed by atoms with Gasteiger partial charge in [-0.3, -0.25) is 9.35 Å². The predicted octanol–water partition coefficient (Wildman–Crippen LogP) is 3.81. The lowest BCUT2D eigenvalue weighted by molar-refractivity contribution is -0.438. The van der Waals surface area contributed by atoms with Crippen LogP contribution in [0.2, 0.25) is 0 Å². The summed E-state index contributed by atoms with van der Waals surface area (Å²) in [6.07, 6.45) is 1.15. The van der Waals surface area contributed by atoms with Crippen molar-refractivity contribution in [2.75, 3.05) is 32.5 Å². The van der Waals surface area contributed by atoms with Crippen LogP contribution in [0.4, 0.5) is 5.69 Å². The molecule has 0 aliphatic carbocycles. The highest BCUT2D eigenvalue weighted by atomic mass is 32.2. The van der Waals surface area contributed by atoms with Gasteiger partial charge in [0.05, 0.1) is 22.7 Å². The lowest BCUT2D eigenvalue weighted by Crippen LogP contribution is -2.27. The summed E-state index contributed by atoms with van der Waals surface area (Å²) in [6, 6.07) is 9.79. The van der Waals surface area contributed by atoms with Gasteiger partial charge in [-0.1, -0.05) is 12.1 Å². The molecule has 0 fully saturated rings. The fraction of sp³-hybridized carbons (Fsp3) is 0.520. The van der Waals surface area contributed by atoms with Gasteiger partial charge in [0.2, 0.25) is 5.69 Å². The molecule has 1 aliphatic heterocycles. The first-order chi connectivity index (χ1) is 16.4. The van der Waals surface area contributed by atoms with Crippen LogP contribution in [0.15, 0.2) is 35.2 Å².